The number of hydrogen-bond acceptors (Lipinski definition) is 3. The van der Waals surface area contributed by atoms with Gasteiger partial charge >= 0.3 is 0 Å². The monoisotopic (exact) mass is 292 g/mol. The zero-order valence-corrected chi connectivity index (χ0v) is 12.6. The minimum absolute atomic E-state index is 0.00745. The molecule has 1 aromatic rings. The van der Waals surface area contributed by atoms with E-state index in [1.54, 1.807) is 12.1 Å². The molecule has 0 fully saturated rings. The molecule has 0 N–H and O–H groups in total. The summed E-state index contributed by atoms with van der Waals surface area (Å²) >= 11 is 5.83. The fourth-order valence-electron chi connectivity index (χ4n) is 1.77. The molecule has 20 heavy (non-hydrogen) atoms. The van der Waals surface area contributed by atoms with Gasteiger partial charge in [-0.15, -0.1) is 0 Å². The standard InChI is InChI=1S/C15H17ClN2O2/c1-15(2,3)13(19)9-18-14(20)8-12(17-18)10-4-6-11(16)7-5-10/h4-7H,8-9H2,1-3H3. The Morgan fingerprint density at radius 3 is 2.45 bits per heavy atom. The van der Waals surface area contributed by atoms with E-state index in [0.717, 1.165) is 5.56 Å². The number of Topliss-reactive ketones (excluding diaryl/α,β-unsaturated/α-hetero) is 1. The van der Waals surface area contributed by atoms with Crippen molar-refractivity contribution in [3.63, 3.8) is 0 Å². The van der Waals surface area contributed by atoms with Crippen LogP contribution in [0.4, 0.5) is 0 Å². The highest BCUT2D eigenvalue weighted by atomic mass is 35.5. The first-order chi connectivity index (χ1) is 9.27. The lowest BCUT2D eigenvalue weighted by Gasteiger charge is -2.19. The van der Waals surface area contributed by atoms with Gasteiger partial charge in [0.1, 0.15) is 6.54 Å². The molecule has 0 bridgehead atoms. The number of nitrogens with zero attached hydrogens (tertiary/aromatic N) is 2. The molecule has 0 atom stereocenters. The van der Waals surface area contributed by atoms with E-state index in [4.69, 9.17) is 11.6 Å². The van der Waals surface area contributed by atoms with E-state index in [-0.39, 0.29) is 24.7 Å². The summed E-state index contributed by atoms with van der Waals surface area (Å²) in [6.07, 6.45) is 0.221. The van der Waals surface area contributed by atoms with Gasteiger partial charge < -0.3 is 0 Å². The van der Waals surface area contributed by atoms with Gasteiger partial charge in [0, 0.05) is 10.4 Å². The van der Waals surface area contributed by atoms with Crippen molar-refractivity contribution in [1.29, 1.82) is 0 Å². The maximum Gasteiger partial charge on any atom is 0.249 e. The third kappa shape index (κ3) is 3.25. The van der Waals surface area contributed by atoms with Crippen LogP contribution in [0.5, 0.6) is 0 Å². The molecule has 0 aromatic heterocycles. The number of ketones is 1. The van der Waals surface area contributed by atoms with E-state index >= 15 is 0 Å². The lowest BCUT2D eigenvalue weighted by Crippen LogP contribution is -2.34. The van der Waals surface area contributed by atoms with Gasteiger partial charge in [-0.2, -0.15) is 5.10 Å². The lowest BCUT2D eigenvalue weighted by molar-refractivity contribution is -0.136. The van der Waals surface area contributed by atoms with Crippen LogP contribution in [0.1, 0.15) is 32.8 Å². The van der Waals surface area contributed by atoms with Crippen molar-refractivity contribution >= 4 is 29.0 Å². The average Bonchev–Trinajstić information content (AvgIpc) is 2.70. The van der Waals surface area contributed by atoms with Crippen molar-refractivity contribution in [3.05, 3.63) is 34.9 Å². The SMILES string of the molecule is CC(C)(C)C(=O)CN1N=C(c2ccc(Cl)cc2)CC1=O. The summed E-state index contributed by atoms with van der Waals surface area (Å²) in [5.41, 5.74) is 1.06. The predicted octanol–water partition coefficient (Wildman–Crippen LogP) is 2.89. The zero-order valence-electron chi connectivity index (χ0n) is 11.8. The molecule has 0 saturated carbocycles. The quantitative estimate of drug-likeness (QED) is 0.860. The molecule has 2 rings (SSSR count). The van der Waals surface area contributed by atoms with E-state index in [2.05, 4.69) is 5.10 Å². The number of carbonyl (C=O) groups is 2. The van der Waals surface area contributed by atoms with Crippen molar-refractivity contribution in [1.82, 2.24) is 5.01 Å². The van der Waals surface area contributed by atoms with Gasteiger partial charge in [0.15, 0.2) is 5.78 Å². The first kappa shape index (κ1) is 14.7. The molecule has 1 amide bonds. The minimum atomic E-state index is -0.473. The minimum Gasteiger partial charge on any atom is -0.297 e. The predicted molar refractivity (Wildman–Crippen MR) is 78.8 cm³/mol. The van der Waals surface area contributed by atoms with Crippen LogP contribution >= 0.6 is 11.6 Å². The molecule has 0 saturated heterocycles. The van der Waals surface area contributed by atoms with Crippen LogP contribution in [0.25, 0.3) is 0 Å². The zero-order chi connectivity index (χ0) is 14.9. The van der Waals surface area contributed by atoms with Crippen molar-refractivity contribution in [2.75, 3.05) is 6.54 Å². The van der Waals surface area contributed by atoms with Gasteiger partial charge in [-0.3, -0.25) is 9.59 Å². The normalized spacial score (nSPS) is 15.5. The van der Waals surface area contributed by atoms with Crippen LogP contribution in [-0.4, -0.2) is 29.0 Å². The largest absolute Gasteiger partial charge is 0.297 e. The third-order valence-corrected chi connectivity index (χ3v) is 3.41. The molecule has 1 aliphatic heterocycles. The van der Waals surface area contributed by atoms with Gasteiger partial charge in [-0.05, 0) is 17.7 Å². The number of hydrogen-bond donors (Lipinski definition) is 0. The Balaban J connectivity index is 2.15. The molecule has 0 unspecified atom stereocenters. The highest BCUT2D eigenvalue weighted by molar-refractivity contribution is 6.30. The molecule has 1 heterocycles. The van der Waals surface area contributed by atoms with Crippen LogP contribution < -0.4 is 0 Å². The molecule has 1 aromatic carbocycles. The first-order valence-corrected chi connectivity index (χ1v) is 6.82. The highest BCUT2D eigenvalue weighted by Crippen LogP contribution is 2.20. The Morgan fingerprint density at radius 2 is 1.90 bits per heavy atom. The first-order valence-electron chi connectivity index (χ1n) is 6.44. The molecule has 0 radical (unpaired) electrons. The number of carbonyl (C=O) groups excluding carboxylic acids is 2. The second-order valence-corrected chi connectivity index (χ2v) is 6.29. The van der Waals surface area contributed by atoms with Crippen LogP contribution in [0.3, 0.4) is 0 Å². The third-order valence-electron chi connectivity index (χ3n) is 3.16. The summed E-state index contributed by atoms with van der Waals surface area (Å²) in [6.45, 7) is 5.53. The molecule has 1 aliphatic rings. The van der Waals surface area contributed by atoms with Crippen LogP contribution in [-0.2, 0) is 9.59 Å². The van der Waals surface area contributed by atoms with Gasteiger partial charge in [-0.25, -0.2) is 5.01 Å². The Hall–Kier alpha value is -1.68. The second-order valence-electron chi connectivity index (χ2n) is 5.85. The number of amides is 1. The Morgan fingerprint density at radius 1 is 1.30 bits per heavy atom. The van der Waals surface area contributed by atoms with E-state index < -0.39 is 5.41 Å². The highest BCUT2D eigenvalue weighted by Gasteiger charge is 2.30. The van der Waals surface area contributed by atoms with Crippen molar-refractivity contribution in [2.45, 2.75) is 27.2 Å². The fraction of sp³-hybridized carbons (Fsp3) is 0.400. The topological polar surface area (TPSA) is 49.7 Å². The Bertz CT molecular complexity index is 571. The molecule has 106 valence electrons. The molecule has 4 nitrogen and oxygen atoms in total. The molecular formula is C15H17ClN2O2. The fourth-order valence-corrected chi connectivity index (χ4v) is 1.90. The average molecular weight is 293 g/mol. The molecule has 0 spiro atoms. The Labute approximate surface area is 123 Å². The molecular weight excluding hydrogens is 276 g/mol. The summed E-state index contributed by atoms with van der Waals surface area (Å²) in [4.78, 5) is 23.9. The maximum atomic E-state index is 12.0. The van der Waals surface area contributed by atoms with Gasteiger partial charge in [0.05, 0.1) is 12.1 Å². The van der Waals surface area contributed by atoms with E-state index in [1.165, 1.54) is 5.01 Å². The van der Waals surface area contributed by atoms with Gasteiger partial charge in [-0.1, -0.05) is 44.5 Å². The van der Waals surface area contributed by atoms with Crippen LogP contribution in [0, 0.1) is 5.41 Å². The number of halogens is 1. The van der Waals surface area contributed by atoms with Crippen molar-refractivity contribution < 1.29 is 9.59 Å². The summed E-state index contributed by atoms with van der Waals surface area (Å²) in [5.74, 6) is -0.153. The molecule has 5 heteroatoms. The summed E-state index contributed by atoms with van der Waals surface area (Å²) < 4.78 is 0. The van der Waals surface area contributed by atoms with E-state index in [0.29, 0.717) is 10.7 Å². The van der Waals surface area contributed by atoms with Gasteiger partial charge in [0.2, 0.25) is 5.91 Å². The smallest absolute Gasteiger partial charge is 0.249 e. The number of hydrazone groups is 1. The van der Waals surface area contributed by atoms with Crippen molar-refractivity contribution in [2.24, 2.45) is 10.5 Å². The second kappa shape index (κ2) is 5.37. The maximum absolute atomic E-state index is 12.0. The van der Waals surface area contributed by atoms with Crippen LogP contribution in [0.2, 0.25) is 5.02 Å². The molecule has 0 aliphatic carbocycles. The van der Waals surface area contributed by atoms with Crippen molar-refractivity contribution in [3.8, 4) is 0 Å². The number of benzene rings is 1. The summed E-state index contributed by atoms with van der Waals surface area (Å²) in [7, 11) is 0. The van der Waals surface area contributed by atoms with E-state index in [1.807, 2.05) is 32.9 Å². The lowest BCUT2D eigenvalue weighted by atomic mass is 9.91. The van der Waals surface area contributed by atoms with Crippen LogP contribution in [0.15, 0.2) is 29.4 Å². The Kier molecular flexibility index (Phi) is 3.95. The van der Waals surface area contributed by atoms with Gasteiger partial charge in [0.25, 0.3) is 0 Å². The summed E-state index contributed by atoms with van der Waals surface area (Å²) in [5, 5.41) is 6.16. The number of rotatable bonds is 3. The van der Waals surface area contributed by atoms with E-state index in [9.17, 15) is 9.59 Å². The summed E-state index contributed by atoms with van der Waals surface area (Å²) in [6, 6.07) is 7.16.